The summed E-state index contributed by atoms with van der Waals surface area (Å²) in [6.45, 7) is 5.64. The van der Waals surface area contributed by atoms with Crippen molar-refractivity contribution in [2.75, 3.05) is 32.0 Å². The molecule has 98 valence electrons. The molecular weight excluding hydrogens is 242 g/mol. The van der Waals surface area contributed by atoms with Gasteiger partial charge in [-0.3, -0.25) is 0 Å². The molecule has 0 unspecified atom stereocenters. The minimum atomic E-state index is 0.930. The van der Waals surface area contributed by atoms with E-state index >= 15 is 0 Å². The average Bonchev–Trinajstić information content (AvgIpc) is 2.98. The van der Waals surface area contributed by atoms with Crippen LogP contribution in [0.25, 0.3) is 10.2 Å². The first-order valence-electron chi connectivity index (χ1n) is 6.57. The van der Waals surface area contributed by atoms with Gasteiger partial charge in [0.1, 0.15) is 0 Å². The Kier molecular flexibility index (Phi) is 4.96. The lowest BCUT2D eigenvalue weighted by molar-refractivity contribution is 0.418. The van der Waals surface area contributed by atoms with Gasteiger partial charge >= 0.3 is 0 Å². The van der Waals surface area contributed by atoms with Crippen LogP contribution in [0.1, 0.15) is 19.8 Å². The van der Waals surface area contributed by atoms with E-state index in [0.29, 0.717) is 0 Å². The Bertz CT molecular complexity index is 442. The zero-order valence-corrected chi connectivity index (χ0v) is 12.0. The summed E-state index contributed by atoms with van der Waals surface area (Å²) in [4.78, 5) is 6.77. The van der Waals surface area contributed by atoms with Crippen LogP contribution in [-0.2, 0) is 0 Å². The molecule has 18 heavy (non-hydrogen) atoms. The number of aromatic nitrogens is 1. The highest BCUT2D eigenvalue weighted by Crippen LogP contribution is 2.24. The standard InChI is InChI=1S/C9H10N2S.C5H11N/c1-2-10-9-11-7-5-3-4-6-8(7)12-9;1-6-4-2-3-5-6/h3-6H,2H2,1H3,(H,10,11);2-5H2,1H3. The molecule has 0 aliphatic carbocycles. The van der Waals surface area contributed by atoms with Crippen LogP contribution in [0.4, 0.5) is 5.13 Å². The molecule has 1 aliphatic rings. The molecule has 1 fully saturated rings. The number of likely N-dealkylation sites (tertiary alicyclic amines) is 1. The summed E-state index contributed by atoms with van der Waals surface area (Å²) in [5.41, 5.74) is 1.08. The number of benzene rings is 1. The van der Waals surface area contributed by atoms with Gasteiger partial charge in [0.25, 0.3) is 0 Å². The Labute approximate surface area is 113 Å². The second kappa shape index (κ2) is 6.71. The highest BCUT2D eigenvalue weighted by molar-refractivity contribution is 7.22. The molecule has 0 spiro atoms. The summed E-state index contributed by atoms with van der Waals surface area (Å²) < 4.78 is 1.24. The molecule has 1 aliphatic heterocycles. The lowest BCUT2D eigenvalue weighted by atomic mass is 10.3. The second-order valence-electron chi connectivity index (χ2n) is 4.53. The number of anilines is 1. The minimum Gasteiger partial charge on any atom is -0.362 e. The van der Waals surface area contributed by atoms with Gasteiger partial charge < -0.3 is 10.2 Å². The van der Waals surface area contributed by atoms with Gasteiger partial charge in [0.2, 0.25) is 0 Å². The number of thiazole rings is 1. The molecule has 0 saturated carbocycles. The minimum absolute atomic E-state index is 0.930. The fourth-order valence-corrected chi connectivity index (χ4v) is 2.91. The molecule has 3 rings (SSSR count). The number of fused-ring (bicyclic) bond motifs is 1. The van der Waals surface area contributed by atoms with Crippen LogP contribution in [0.15, 0.2) is 24.3 Å². The quantitative estimate of drug-likeness (QED) is 0.899. The molecule has 2 heterocycles. The van der Waals surface area contributed by atoms with Crippen LogP contribution in [-0.4, -0.2) is 36.6 Å². The Morgan fingerprint density at radius 1 is 1.28 bits per heavy atom. The summed E-state index contributed by atoms with van der Waals surface area (Å²) in [6.07, 6.45) is 2.83. The molecule has 4 heteroatoms. The van der Waals surface area contributed by atoms with E-state index in [0.717, 1.165) is 17.2 Å². The Hall–Kier alpha value is -1.13. The zero-order valence-electron chi connectivity index (χ0n) is 11.1. The summed E-state index contributed by atoms with van der Waals surface area (Å²) in [7, 11) is 2.17. The van der Waals surface area contributed by atoms with Crippen molar-refractivity contribution in [3.63, 3.8) is 0 Å². The predicted molar refractivity (Wildman–Crippen MR) is 80.5 cm³/mol. The van der Waals surface area contributed by atoms with E-state index in [-0.39, 0.29) is 0 Å². The van der Waals surface area contributed by atoms with Gasteiger partial charge in [-0.2, -0.15) is 0 Å². The average molecular weight is 263 g/mol. The molecule has 0 bridgehead atoms. The number of nitrogens with zero attached hydrogens (tertiary/aromatic N) is 2. The van der Waals surface area contributed by atoms with Crippen molar-refractivity contribution in [1.82, 2.24) is 9.88 Å². The van der Waals surface area contributed by atoms with Crippen LogP contribution >= 0.6 is 11.3 Å². The molecule has 0 atom stereocenters. The first kappa shape index (κ1) is 13.3. The topological polar surface area (TPSA) is 28.2 Å². The normalized spacial score (nSPS) is 15.4. The maximum Gasteiger partial charge on any atom is 0.183 e. The Morgan fingerprint density at radius 3 is 2.56 bits per heavy atom. The van der Waals surface area contributed by atoms with E-state index in [1.165, 1.54) is 30.6 Å². The first-order chi connectivity index (χ1) is 8.79. The van der Waals surface area contributed by atoms with Gasteiger partial charge in [-0.1, -0.05) is 23.5 Å². The summed E-state index contributed by atoms with van der Waals surface area (Å²) >= 11 is 1.70. The van der Waals surface area contributed by atoms with E-state index < -0.39 is 0 Å². The van der Waals surface area contributed by atoms with Gasteiger partial charge in [0.15, 0.2) is 5.13 Å². The molecule has 1 saturated heterocycles. The van der Waals surface area contributed by atoms with E-state index in [9.17, 15) is 0 Å². The molecule has 2 aromatic rings. The largest absolute Gasteiger partial charge is 0.362 e. The molecule has 1 aromatic carbocycles. The fraction of sp³-hybridized carbons (Fsp3) is 0.500. The van der Waals surface area contributed by atoms with Crippen molar-refractivity contribution in [1.29, 1.82) is 0 Å². The van der Waals surface area contributed by atoms with Crippen LogP contribution in [0.5, 0.6) is 0 Å². The molecule has 0 amide bonds. The number of rotatable bonds is 2. The maximum atomic E-state index is 4.41. The molecular formula is C14H21N3S. The van der Waals surface area contributed by atoms with Crippen molar-refractivity contribution >= 4 is 26.7 Å². The highest BCUT2D eigenvalue weighted by atomic mass is 32.1. The van der Waals surface area contributed by atoms with Crippen LogP contribution in [0, 0.1) is 0 Å². The van der Waals surface area contributed by atoms with Crippen molar-refractivity contribution in [2.45, 2.75) is 19.8 Å². The molecule has 0 radical (unpaired) electrons. The van der Waals surface area contributed by atoms with Gasteiger partial charge in [0.05, 0.1) is 10.2 Å². The third-order valence-electron chi connectivity index (χ3n) is 2.95. The Morgan fingerprint density at radius 2 is 2.00 bits per heavy atom. The zero-order chi connectivity index (χ0) is 12.8. The van der Waals surface area contributed by atoms with E-state index in [4.69, 9.17) is 0 Å². The van der Waals surface area contributed by atoms with Gasteiger partial charge in [-0.05, 0) is 52.0 Å². The maximum absolute atomic E-state index is 4.41. The van der Waals surface area contributed by atoms with Crippen molar-refractivity contribution in [3.05, 3.63) is 24.3 Å². The summed E-state index contributed by atoms with van der Waals surface area (Å²) in [6, 6.07) is 8.18. The van der Waals surface area contributed by atoms with Crippen molar-refractivity contribution in [3.8, 4) is 0 Å². The fourth-order valence-electron chi connectivity index (χ4n) is 1.97. The molecule has 1 aromatic heterocycles. The molecule has 1 N–H and O–H groups in total. The van der Waals surface area contributed by atoms with Crippen molar-refractivity contribution < 1.29 is 0 Å². The van der Waals surface area contributed by atoms with Crippen LogP contribution in [0.2, 0.25) is 0 Å². The van der Waals surface area contributed by atoms with Gasteiger partial charge in [0, 0.05) is 6.54 Å². The third-order valence-corrected chi connectivity index (χ3v) is 3.95. The predicted octanol–water partition coefficient (Wildman–Crippen LogP) is 3.44. The Balaban J connectivity index is 0.000000169. The van der Waals surface area contributed by atoms with Crippen molar-refractivity contribution in [2.24, 2.45) is 0 Å². The SMILES string of the molecule is CCNc1nc2ccccc2s1.CN1CCCC1. The lowest BCUT2D eigenvalue weighted by Crippen LogP contribution is -2.10. The number of hydrogen-bond donors (Lipinski definition) is 1. The lowest BCUT2D eigenvalue weighted by Gasteiger charge is -2.01. The summed E-state index contributed by atoms with van der Waals surface area (Å²) in [5.74, 6) is 0. The first-order valence-corrected chi connectivity index (χ1v) is 7.39. The highest BCUT2D eigenvalue weighted by Gasteiger charge is 2.03. The van der Waals surface area contributed by atoms with Gasteiger partial charge in [-0.15, -0.1) is 0 Å². The smallest absolute Gasteiger partial charge is 0.183 e. The number of hydrogen-bond acceptors (Lipinski definition) is 4. The number of nitrogens with one attached hydrogen (secondary N) is 1. The van der Waals surface area contributed by atoms with E-state index in [1.54, 1.807) is 11.3 Å². The van der Waals surface area contributed by atoms with Crippen LogP contribution in [0.3, 0.4) is 0 Å². The molecule has 3 nitrogen and oxygen atoms in total. The monoisotopic (exact) mass is 263 g/mol. The third kappa shape index (κ3) is 3.68. The van der Waals surface area contributed by atoms with Gasteiger partial charge in [-0.25, -0.2) is 4.98 Å². The van der Waals surface area contributed by atoms with E-state index in [2.05, 4.69) is 35.2 Å². The van der Waals surface area contributed by atoms with Crippen LogP contribution < -0.4 is 5.32 Å². The number of para-hydroxylation sites is 1. The second-order valence-corrected chi connectivity index (χ2v) is 5.56. The summed E-state index contributed by atoms with van der Waals surface area (Å²) in [5, 5.41) is 4.22. The van der Waals surface area contributed by atoms with E-state index in [1.807, 2.05) is 18.2 Å².